The van der Waals surface area contributed by atoms with E-state index in [1.54, 1.807) is 17.0 Å². The molecule has 0 aliphatic carbocycles. The quantitative estimate of drug-likeness (QED) is 0.601. The topological polar surface area (TPSA) is 79.2 Å². The third kappa shape index (κ3) is 3.91. The number of hydrogen-bond donors (Lipinski definition) is 0. The second-order valence-corrected chi connectivity index (χ2v) is 6.29. The van der Waals surface area contributed by atoms with Crippen LogP contribution in [0, 0.1) is 10.1 Å². The van der Waals surface area contributed by atoms with Gasteiger partial charge in [-0.15, -0.1) is 0 Å². The van der Waals surface area contributed by atoms with Crippen molar-refractivity contribution in [2.45, 2.75) is 6.92 Å². The first-order valence-electron chi connectivity index (χ1n) is 8.73. The van der Waals surface area contributed by atoms with E-state index in [0.29, 0.717) is 50.6 Å². The summed E-state index contributed by atoms with van der Waals surface area (Å²) in [5.41, 5.74) is 0.925. The Morgan fingerprint density at radius 3 is 2.44 bits per heavy atom. The molecule has 2 aliphatic heterocycles. The highest BCUT2D eigenvalue weighted by molar-refractivity contribution is 5.96. The lowest BCUT2D eigenvalue weighted by molar-refractivity contribution is -0.384. The minimum atomic E-state index is -0.406. The van der Waals surface area contributed by atoms with Crippen molar-refractivity contribution in [3.05, 3.63) is 33.9 Å². The van der Waals surface area contributed by atoms with Crippen molar-refractivity contribution in [1.82, 2.24) is 9.80 Å². The summed E-state index contributed by atoms with van der Waals surface area (Å²) >= 11 is 0. The fraction of sp³-hybridized carbons (Fsp3) is 0.588. The van der Waals surface area contributed by atoms with Gasteiger partial charge in [0.2, 0.25) is 0 Å². The van der Waals surface area contributed by atoms with E-state index in [1.165, 1.54) is 6.07 Å². The van der Waals surface area contributed by atoms with Crippen molar-refractivity contribution in [2.75, 3.05) is 63.9 Å². The largest absolute Gasteiger partial charge is 0.378 e. The zero-order valence-corrected chi connectivity index (χ0v) is 14.5. The Bertz CT molecular complexity index is 638. The number of nitro benzene ring substituents is 1. The Morgan fingerprint density at radius 1 is 1.16 bits per heavy atom. The SMILES string of the molecule is CCN1CCN(C(=O)c2ccc(N3CCOCC3)c([N+](=O)[O-])c2)CC1. The van der Waals surface area contributed by atoms with Crippen LogP contribution in [0.25, 0.3) is 0 Å². The third-order valence-electron chi connectivity index (χ3n) is 4.88. The van der Waals surface area contributed by atoms with E-state index in [4.69, 9.17) is 4.74 Å². The summed E-state index contributed by atoms with van der Waals surface area (Å²) in [4.78, 5) is 29.8. The molecule has 1 aromatic carbocycles. The number of hydrogen-bond acceptors (Lipinski definition) is 6. The molecule has 2 fully saturated rings. The number of likely N-dealkylation sites (N-methyl/N-ethyl adjacent to an activating group) is 1. The second-order valence-electron chi connectivity index (χ2n) is 6.29. The third-order valence-corrected chi connectivity index (χ3v) is 4.88. The number of piperazine rings is 1. The number of anilines is 1. The molecule has 1 amide bonds. The standard InChI is InChI=1S/C17H24N4O4/c1-2-18-5-7-20(8-6-18)17(22)14-3-4-15(16(13-14)21(23)24)19-9-11-25-12-10-19/h3-4,13H,2,5-12H2,1H3. The molecule has 25 heavy (non-hydrogen) atoms. The van der Waals surface area contributed by atoms with E-state index in [9.17, 15) is 14.9 Å². The molecule has 8 heteroatoms. The molecule has 0 aromatic heterocycles. The molecule has 136 valence electrons. The highest BCUT2D eigenvalue weighted by atomic mass is 16.6. The van der Waals surface area contributed by atoms with E-state index in [-0.39, 0.29) is 11.6 Å². The first-order valence-corrected chi connectivity index (χ1v) is 8.73. The highest BCUT2D eigenvalue weighted by Gasteiger charge is 2.26. The molecule has 0 unspecified atom stereocenters. The summed E-state index contributed by atoms with van der Waals surface area (Å²) in [6, 6.07) is 4.81. The van der Waals surface area contributed by atoms with E-state index in [2.05, 4.69) is 11.8 Å². The fourth-order valence-corrected chi connectivity index (χ4v) is 3.32. The Morgan fingerprint density at radius 2 is 1.84 bits per heavy atom. The van der Waals surface area contributed by atoms with Crippen LogP contribution in [-0.2, 0) is 4.74 Å². The Kier molecular flexibility index (Phi) is 5.50. The lowest BCUT2D eigenvalue weighted by Crippen LogP contribution is -2.48. The van der Waals surface area contributed by atoms with Gasteiger partial charge in [0.1, 0.15) is 5.69 Å². The molecule has 0 saturated carbocycles. The lowest BCUT2D eigenvalue weighted by atomic mass is 10.1. The number of rotatable bonds is 4. The van der Waals surface area contributed by atoms with Crippen molar-refractivity contribution >= 4 is 17.3 Å². The Labute approximate surface area is 147 Å². The molecule has 2 aliphatic rings. The molecule has 8 nitrogen and oxygen atoms in total. The van der Waals surface area contributed by atoms with Crippen LogP contribution in [0.1, 0.15) is 17.3 Å². The molecule has 0 N–H and O–H groups in total. The van der Waals surface area contributed by atoms with Crippen molar-refractivity contribution < 1.29 is 14.5 Å². The normalized spacial score (nSPS) is 19.1. The van der Waals surface area contributed by atoms with Crippen LogP contribution < -0.4 is 4.90 Å². The summed E-state index contributed by atoms with van der Waals surface area (Å²) in [6.07, 6.45) is 0. The molecule has 2 saturated heterocycles. The van der Waals surface area contributed by atoms with Crippen molar-refractivity contribution in [2.24, 2.45) is 0 Å². The van der Waals surface area contributed by atoms with Crippen molar-refractivity contribution in [3.63, 3.8) is 0 Å². The number of morpholine rings is 1. The van der Waals surface area contributed by atoms with Gasteiger partial charge in [0.25, 0.3) is 11.6 Å². The average Bonchev–Trinajstić information content (AvgIpc) is 2.67. The first-order chi connectivity index (χ1) is 12.1. The van der Waals surface area contributed by atoms with Crippen molar-refractivity contribution in [3.8, 4) is 0 Å². The molecule has 0 atom stereocenters. The number of benzene rings is 1. The summed E-state index contributed by atoms with van der Waals surface area (Å²) in [5.74, 6) is -0.132. The average molecular weight is 348 g/mol. The smallest absolute Gasteiger partial charge is 0.293 e. The molecule has 0 spiro atoms. The zero-order valence-electron chi connectivity index (χ0n) is 14.5. The van der Waals surface area contributed by atoms with Gasteiger partial charge < -0.3 is 19.4 Å². The number of nitro groups is 1. The minimum absolute atomic E-state index is 0.0139. The summed E-state index contributed by atoms with van der Waals surface area (Å²) in [5, 5.41) is 11.5. The van der Waals surface area contributed by atoms with Gasteiger partial charge in [0.15, 0.2) is 0 Å². The number of carbonyl (C=O) groups excluding carboxylic acids is 1. The van der Waals surface area contributed by atoms with Crippen LogP contribution in [0.3, 0.4) is 0 Å². The Balaban J connectivity index is 1.79. The maximum Gasteiger partial charge on any atom is 0.293 e. The zero-order chi connectivity index (χ0) is 17.8. The molecular formula is C17H24N4O4. The molecular weight excluding hydrogens is 324 g/mol. The molecule has 2 heterocycles. The van der Waals surface area contributed by atoms with Gasteiger partial charge in [0, 0.05) is 50.9 Å². The maximum atomic E-state index is 12.7. The molecule has 0 radical (unpaired) electrons. The summed E-state index contributed by atoms with van der Waals surface area (Å²) < 4.78 is 5.30. The molecule has 3 rings (SSSR count). The predicted octanol–water partition coefficient (Wildman–Crippen LogP) is 1.21. The number of amides is 1. The number of carbonyl (C=O) groups is 1. The number of nitrogens with zero attached hydrogens (tertiary/aromatic N) is 4. The van der Waals surface area contributed by atoms with E-state index in [1.807, 2.05) is 4.90 Å². The van der Waals surface area contributed by atoms with Crippen molar-refractivity contribution in [1.29, 1.82) is 0 Å². The second kappa shape index (κ2) is 7.79. The van der Waals surface area contributed by atoms with Gasteiger partial charge in [-0.25, -0.2) is 0 Å². The highest BCUT2D eigenvalue weighted by Crippen LogP contribution is 2.30. The monoisotopic (exact) mass is 348 g/mol. The van der Waals surface area contributed by atoms with Gasteiger partial charge >= 0.3 is 0 Å². The maximum absolute atomic E-state index is 12.7. The van der Waals surface area contributed by atoms with Crippen LogP contribution in [0.5, 0.6) is 0 Å². The predicted molar refractivity (Wildman–Crippen MR) is 94.1 cm³/mol. The van der Waals surface area contributed by atoms with Gasteiger partial charge in [-0.05, 0) is 18.7 Å². The first kappa shape index (κ1) is 17.6. The minimum Gasteiger partial charge on any atom is -0.378 e. The fourth-order valence-electron chi connectivity index (χ4n) is 3.32. The molecule has 0 bridgehead atoms. The van der Waals surface area contributed by atoms with Crippen LogP contribution in [0.4, 0.5) is 11.4 Å². The van der Waals surface area contributed by atoms with Gasteiger partial charge in [-0.1, -0.05) is 6.92 Å². The van der Waals surface area contributed by atoms with Crippen LogP contribution in [0.15, 0.2) is 18.2 Å². The van der Waals surface area contributed by atoms with Crippen LogP contribution >= 0.6 is 0 Å². The lowest BCUT2D eigenvalue weighted by Gasteiger charge is -2.34. The van der Waals surface area contributed by atoms with E-state index >= 15 is 0 Å². The van der Waals surface area contributed by atoms with Crippen LogP contribution in [-0.4, -0.2) is 79.7 Å². The summed E-state index contributed by atoms with van der Waals surface area (Å²) in [6.45, 7) is 8.43. The van der Waals surface area contributed by atoms with E-state index < -0.39 is 4.92 Å². The van der Waals surface area contributed by atoms with Gasteiger partial charge in [-0.2, -0.15) is 0 Å². The number of ether oxygens (including phenoxy) is 1. The van der Waals surface area contributed by atoms with Crippen LogP contribution in [0.2, 0.25) is 0 Å². The summed E-state index contributed by atoms with van der Waals surface area (Å²) in [7, 11) is 0. The van der Waals surface area contributed by atoms with E-state index in [0.717, 1.165) is 19.6 Å². The molecule has 1 aromatic rings. The van der Waals surface area contributed by atoms with Gasteiger partial charge in [0.05, 0.1) is 18.1 Å². The van der Waals surface area contributed by atoms with Gasteiger partial charge in [-0.3, -0.25) is 14.9 Å². The Hall–Kier alpha value is -2.19.